The largest absolute Gasteiger partial charge is 0.371 e. The highest BCUT2D eigenvalue weighted by Crippen LogP contribution is 2.25. The van der Waals surface area contributed by atoms with Gasteiger partial charge in [-0.15, -0.1) is 0 Å². The Kier molecular flexibility index (Phi) is 5.53. The number of halogens is 1. The molecule has 4 nitrogen and oxygen atoms in total. The molecule has 0 bridgehead atoms. The summed E-state index contributed by atoms with van der Waals surface area (Å²) in [7, 11) is 0. The van der Waals surface area contributed by atoms with E-state index in [4.69, 9.17) is 0 Å². The van der Waals surface area contributed by atoms with Crippen molar-refractivity contribution in [1.82, 2.24) is 0 Å². The van der Waals surface area contributed by atoms with Crippen molar-refractivity contribution in [2.75, 3.05) is 23.3 Å². The molecule has 1 heterocycles. The molecule has 0 saturated carbocycles. The van der Waals surface area contributed by atoms with Crippen LogP contribution >= 0.6 is 15.9 Å². The molecule has 1 amide bonds. The lowest BCUT2D eigenvalue weighted by molar-refractivity contribution is -0.120. The first-order chi connectivity index (χ1) is 12.0. The van der Waals surface area contributed by atoms with E-state index >= 15 is 0 Å². The Balaban J connectivity index is 1.57. The summed E-state index contributed by atoms with van der Waals surface area (Å²) < 4.78 is 0.969. The van der Waals surface area contributed by atoms with Crippen LogP contribution in [0.4, 0.5) is 11.4 Å². The van der Waals surface area contributed by atoms with Gasteiger partial charge in [-0.25, -0.2) is 0 Å². The average Bonchev–Trinajstić information content (AvgIpc) is 2.61. The smallest absolute Gasteiger partial charge is 0.227 e. The number of aldehydes is 1. The first-order valence-electron chi connectivity index (χ1n) is 8.43. The second-order valence-electron chi connectivity index (χ2n) is 6.48. The topological polar surface area (TPSA) is 49.4 Å². The number of nitrogens with one attached hydrogen (secondary N) is 1. The molecular weight excluding hydrogens is 380 g/mol. The molecule has 1 aliphatic heterocycles. The van der Waals surface area contributed by atoms with Crippen LogP contribution < -0.4 is 10.2 Å². The van der Waals surface area contributed by atoms with Crippen molar-refractivity contribution in [2.24, 2.45) is 5.92 Å². The van der Waals surface area contributed by atoms with Gasteiger partial charge in [-0.3, -0.25) is 9.59 Å². The third-order valence-corrected chi connectivity index (χ3v) is 5.03. The van der Waals surface area contributed by atoms with Crippen LogP contribution in [0.1, 0.15) is 28.8 Å². The van der Waals surface area contributed by atoms with E-state index < -0.39 is 0 Å². The van der Waals surface area contributed by atoms with Crippen molar-refractivity contribution >= 4 is 39.5 Å². The summed E-state index contributed by atoms with van der Waals surface area (Å²) in [6, 6.07) is 13.5. The first-order valence-corrected chi connectivity index (χ1v) is 9.23. The Morgan fingerprint density at radius 3 is 2.44 bits per heavy atom. The number of piperidine rings is 1. The fourth-order valence-corrected chi connectivity index (χ4v) is 3.82. The molecule has 0 aliphatic carbocycles. The van der Waals surface area contributed by atoms with Crippen molar-refractivity contribution in [2.45, 2.75) is 19.8 Å². The lowest BCUT2D eigenvalue weighted by Gasteiger charge is -2.33. The second-order valence-corrected chi connectivity index (χ2v) is 7.39. The Bertz CT molecular complexity index is 746. The molecule has 0 aromatic heterocycles. The Morgan fingerprint density at radius 1 is 1.16 bits per heavy atom. The molecule has 2 aromatic carbocycles. The summed E-state index contributed by atoms with van der Waals surface area (Å²) in [4.78, 5) is 25.5. The molecule has 1 aliphatic rings. The van der Waals surface area contributed by atoms with Crippen LogP contribution in [0.3, 0.4) is 0 Å². The number of carbonyl (C=O) groups is 2. The highest BCUT2D eigenvalue weighted by molar-refractivity contribution is 9.10. The Labute approximate surface area is 156 Å². The van der Waals surface area contributed by atoms with Crippen LogP contribution in [0.2, 0.25) is 0 Å². The number of nitrogens with zero attached hydrogens (tertiary/aromatic N) is 1. The van der Waals surface area contributed by atoms with E-state index in [1.165, 1.54) is 0 Å². The van der Waals surface area contributed by atoms with Crippen LogP contribution in [0, 0.1) is 12.8 Å². The summed E-state index contributed by atoms with van der Waals surface area (Å²) in [6.07, 6.45) is 2.51. The van der Waals surface area contributed by atoms with Crippen molar-refractivity contribution in [3.8, 4) is 0 Å². The summed E-state index contributed by atoms with van der Waals surface area (Å²) in [5, 5.41) is 3.04. The monoisotopic (exact) mass is 400 g/mol. The molecule has 0 spiro atoms. The van der Waals surface area contributed by atoms with E-state index in [2.05, 4.69) is 26.1 Å². The van der Waals surface area contributed by atoms with Crippen LogP contribution in [0.15, 0.2) is 46.9 Å². The second kappa shape index (κ2) is 7.83. The highest BCUT2D eigenvalue weighted by atomic mass is 79.9. The molecule has 1 fully saturated rings. The molecule has 130 valence electrons. The van der Waals surface area contributed by atoms with Gasteiger partial charge in [0.05, 0.1) is 0 Å². The van der Waals surface area contributed by atoms with Crippen molar-refractivity contribution < 1.29 is 9.59 Å². The Morgan fingerprint density at radius 2 is 1.84 bits per heavy atom. The molecule has 0 atom stereocenters. The van der Waals surface area contributed by atoms with Gasteiger partial charge in [0.25, 0.3) is 0 Å². The summed E-state index contributed by atoms with van der Waals surface area (Å²) in [6.45, 7) is 3.70. The number of benzene rings is 2. The zero-order valence-electron chi connectivity index (χ0n) is 14.2. The van der Waals surface area contributed by atoms with Crippen molar-refractivity contribution in [3.63, 3.8) is 0 Å². The third kappa shape index (κ3) is 4.48. The van der Waals surface area contributed by atoms with Crippen molar-refractivity contribution in [3.05, 3.63) is 58.1 Å². The lowest BCUT2D eigenvalue weighted by atomic mass is 9.95. The number of rotatable bonds is 4. The van der Waals surface area contributed by atoms with E-state index in [0.29, 0.717) is 5.56 Å². The van der Waals surface area contributed by atoms with E-state index in [1.807, 2.05) is 49.4 Å². The quantitative estimate of drug-likeness (QED) is 0.772. The van der Waals surface area contributed by atoms with Gasteiger partial charge in [0.1, 0.15) is 6.29 Å². The van der Waals surface area contributed by atoms with Gasteiger partial charge in [-0.05, 0) is 67.8 Å². The lowest BCUT2D eigenvalue weighted by Crippen LogP contribution is -2.38. The molecular formula is C20H21BrN2O2. The average molecular weight is 401 g/mol. The SMILES string of the molecule is Cc1cc(Br)cc(NC(=O)C2CCN(c3ccc(C=O)cc3)CC2)c1. The van der Waals surface area contributed by atoms with Crippen LogP contribution in [-0.4, -0.2) is 25.3 Å². The van der Waals surface area contributed by atoms with Gasteiger partial charge in [-0.2, -0.15) is 0 Å². The number of carbonyl (C=O) groups excluding carboxylic acids is 2. The van der Waals surface area contributed by atoms with E-state index in [-0.39, 0.29) is 11.8 Å². The molecule has 2 aromatic rings. The zero-order valence-corrected chi connectivity index (χ0v) is 15.8. The molecule has 25 heavy (non-hydrogen) atoms. The van der Waals surface area contributed by atoms with Gasteiger partial charge in [0, 0.05) is 40.4 Å². The minimum atomic E-state index is 0.0322. The molecule has 1 N–H and O–H groups in total. The predicted octanol–water partition coefficient (Wildman–Crippen LogP) is 4.43. The molecule has 1 saturated heterocycles. The fourth-order valence-electron chi connectivity index (χ4n) is 3.22. The minimum absolute atomic E-state index is 0.0322. The molecule has 0 unspecified atom stereocenters. The third-order valence-electron chi connectivity index (χ3n) is 4.57. The predicted molar refractivity (Wildman–Crippen MR) is 104 cm³/mol. The maximum atomic E-state index is 12.5. The van der Waals surface area contributed by atoms with Crippen LogP contribution in [-0.2, 0) is 4.79 Å². The number of hydrogen-bond donors (Lipinski definition) is 1. The van der Waals surface area contributed by atoms with Gasteiger partial charge in [0.15, 0.2) is 0 Å². The normalized spacial score (nSPS) is 15.0. The van der Waals surface area contributed by atoms with Crippen molar-refractivity contribution in [1.29, 1.82) is 0 Å². The van der Waals surface area contributed by atoms with Gasteiger partial charge in [0.2, 0.25) is 5.91 Å². The highest BCUT2D eigenvalue weighted by Gasteiger charge is 2.25. The number of hydrogen-bond acceptors (Lipinski definition) is 3. The summed E-state index contributed by atoms with van der Waals surface area (Å²) >= 11 is 3.46. The standard InChI is InChI=1S/C20H21BrN2O2/c1-14-10-17(21)12-18(11-14)22-20(25)16-6-8-23(9-7-16)19-4-2-15(13-24)3-5-19/h2-5,10-13,16H,6-9H2,1H3,(H,22,25). The Hall–Kier alpha value is -2.14. The molecule has 5 heteroatoms. The van der Waals surface area contributed by atoms with Gasteiger partial charge < -0.3 is 10.2 Å². The number of amides is 1. The fraction of sp³-hybridized carbons (Fsp3) is 0.300. The number of aryl methyl sites for hydroxylation is 1. The van der Waals surface area contributed by atoms with Crippen LogP contribution in [0.5, 0.6) is 0 Å². The first kappa shape index (κ1) is 17.7. The van der Waals surface area contributed by atoms with Gasteiger partial charge in [-0.1, -0.05) is 15.9 Å². The van der Waals surface area contributed by atoms with E-state index in [0.717, 1.165) is 53.6 Å². The molecule has 0 radical (unpaired) electrons. The minimum Gasteiger partial charge on any atom is -0.371 e. The van der Waals surface area contributed by atoms with E-state index in [1.54, 1.807) is 0 Å². The summed E-state index contributed by atoms with van der Waals surface area (Å²) in [5.41, 5.74) is 3.73. The maximum Gasteiger partial charge on any atom is 0.227 e. The zero-order chi connectivity index (χ0) is 17.8. The molecule has 3 rings (SSSR count). The van der Waals surface area contributed by atoms with Crippen LogP contribution in [0.25, 0.3) is 0 Å². The number of anilines is 2. The summed E-state index contributed by atoms with van der Waals surface area (Å²) in [5.74, 6) is 0.123. The maximum absolute atomic E-state index is 12.5. The van der Waals surface area contributed by atoms with Gasteiger partial charge >= 0.3 is 0 Å². The van der Waals surface area contributed by atoms with E-state index in [9.17, 15) is 9.59 Å².